The van der Waals surface area contributed by atoms with Crippen molar-refractivity contribution in [1.82, 2.24) is 9.29 Å². The van der Waals surface area contributed by atoms with Crippen molar-refractivity contribution in [2.24, 2.45) is 0 Å². The predicted molar refractivity (Wildman–Crippen MR) is 102 cm³/mol. The van der Waals surface area contributed by atoms with Gasteiger partial charge in [0.2, 0.25) is 15.9 Å². The molecule has 0 fully saturated rings. The number of rotatable bonds is 7. The lowest BCUT2D eigenvalue weighted by molar-refractivity contribution is -0.116. The van der Waals surface area contributed by atoms with E-state index >= 15 is 0 Å². The molecule has 0 saturated carbocycles. The minimum atomic E-state index is -3.95. The maximum Gasteiger partial charge on any atom is 0.243 e. The number of sulfonamides is 1. The van der Waals surface area contributed by atoms with E-state index in [9.17, 15) is 21.6 Å². The summed E-state index contributed by atoms with van der Waals surface area (Å²) in [6.45, 7) is 2.87. The van der Waals surface area contributed by atoms with Crippen LogP contribution in [0.4, 0.5) is 5.82 Å². The van der Waals surface area contributed by atoms with Crippen molar-refractivity contribution in [3.63, 3.8) is 0 Å². The van der Waals surface area contributed by atoms with E-state index in [4.69, 9.17) is 0 Å². The Balaban J connectivity index is 2.12. The quantitative estimate of drug-likeness (QED) is 0.738. The van der Waals surface area contributed by atoms with Gasteiger partial charge in [-0.2, -0.15) is 4.31 Å². The lowest BCUT2D eigenvalue weighted by atomic mass is 10.4. The fraction of sp³-hybridized carbons (Fsp3) is 0.294. The van der Waals surface area contributed by atoms with Gasteiger partial charge in [0.05, 0.1) is 22.1 Å². The normalized spacial score (nSPS) is 12.1. The van der Waals surface area contributed by atoms with Crippen LogP contribution in [0, 0.1) is 6.92 Å². The molecule has 0 aliphatic heterocycles. The molecule has 2 rings (SSSR count). The summed E-state index contributed by atoms with van der Waals surface area (Å²) in [4.78, 5) is 16.2. The van der Waals surface area contributed by atoms with E-state index in [0.29, 0.717) is 5.82 Å². The van der Waals surface area contributed by atoms with E-state index in [2.05, 4.69) is 10.3 Å². The van der Waals surface area contributed by atoms with Crippen LogP contribution in [0.25, 0.3) is 0 Å². The largest absolute Gasteiger partial charge is 0.310 e. The summed E-state index contributed by atoms with van der Waals surface area (Å²) in [6.07, 6.45) is 0. The zero-order chi connectivity index (χ0) is 20.2. The molecule has 0 saturated heterocycles. The molecule has 1 amide bonds. The molecule has 2 aromatic rings. The topological polar surface area (TPSA) is 114 Å². The van der Waals surface area contributed by atoms with Gasteiger partial charge in [-0.15, -0.1) is 0 Å². The molecule has 1 aromatic heterocycles. The van der Waals surface area contributed by atoms with Crippen LogP contribution in [-0.2, 0) is 24.7 Å². The second-order valence-corrected chi connectivity index (χ2v) is 10.2. The van der Waals surface area contributed by atoms with E-state index in [1.165, 1.54) is 38.2 Å². The van der Waals surface area contributed by atoms with Crippen LogP contribution in [0.5, 0.6) is 0 Å². The Morgan fingerprint density at radius 2 is 1.63 bits per heavy atom. The van der Waals surface area contributed by atoms with Crippen molar-refractivity contribution >= 4 is 31.6 Å². The molecule has 1 N–H and O–H groups in total. The minimum absolute atomic E-state index is 0.0508. The highest BCUT2D eigenvalue weighted by Gasteiger charge is 2.24. The van der Waals surface area contributed by atoms with Gasteiger partial charge >= 0.3 is 0 Å². The van der Waals surface area contributed by atoms with Gasteiger partial charge in [-0.1, -0.05) is 13.0 Å². The van der Waals surface area contributed by atoms with Crippen LogP contribution in [0.15, 0.2) is 52.3 Å². The zero-order valence-corrected chi connectivity index (χ0v) is 16.8. The first kappa shape index (κ1) is 21.0. The first-order valence-corrected chi connectivity index (χ1v) is 11.2. The van der Waals surface area contributed by atoms with Gasteiger partial charge in [-0.05, 0) is 43.3 Å². The number of carbonyl (C=O) groups excluding carboxylic acids is 1. The number of likely N-dealkylation sites (N-methyl/N-ethyl adjacent to an activating group) is 1. The van der Waals surface area contributed by atoms with Crippen molar-refractivity contribution in [1.29, 1.82) is 0 Å². The van der Waals surface area contributed by atoms with Gasteiger partial charge < -0.3 is 5.32 Å². The summed E-state index contributed by atoms with van der Waals surface area (Å²) >= 11 is 0. The number of hydrogen-bond donors (Lipinski definition) is 1. The molecule has 1 aromatic carbocycles. The average molecular weight is 412 g/mol. The summed E-state index contributed by atoms with van der Waals surface area (Å²) in [5, 5.41) is 2.54. The first-order chi connectivity index (χ1) is 12.6. The molecule has 0 unspecified atom stereocenters. The maximum absolute atomic E-state index is 12.6. The number of nitrogens with one attached hydrogen (secondary N) is 1. The van der Waals surface area contributed by atoms with Crippen LogP contribution in [0.2, 0.25) is 0 Å². The van der Waals surface area contributed by atoms with Crippen LogP contribution in [0.1, 0.15) is 12.6 Å². The number of anilines is 1. The lowest BCUT2D eigenvalue weighted by Crippen LogP contribution is -2.35. The van der Waals surface area contributed by atoms with Gasteiger partial charge in [-0.3, -0.25) is 4.79 Å². The fourth-order valence-electron chi connectivity index (χ4n) is 2.25. The maximum atomic E-state index is 12.6. The second-order valence-electron chi connectivity index (χ2n) is 5.85. The summed E-state index contributed by atoms with van der Waals surface area (Å²) in [6, 6.07) is 10.0. The summed E-state index contributed by atoms with van der Waals surface area (Å²) in [5.74, 6) is -0.282. The van der Waals surface area contributed by atoms with Crippen molar-refractivity contribution in [2.75, 3.05) is 24.7 Å². The number of sulfone groups is 1. The zero-order valence-electron chi connectivity index (χ0n) is 15.2. The molecule has 0 radical (unpaired) electrons. The SMILES string of the molecule is CCS(=O)(=O)c1ccc(S(=O)(=O)N(C)CC(=O)Nc2cccc(C)n2)cc1. The Labute approximate surface area is 159 Å². The fourth-order valence-corrected chi connectivity index (χ4v) is 4.26. The third-order valence-electron chi connectivity index (χ3n) is 3.79. The molecule has 146 valence electrons. The van der Waals surface area contributed by atoms with Crippen molar-refractivity contribution < 1.29 is 21.6 Å². The Kier molecular flexibility index (Phi) is 6.34. The average Bonchev–Trinajstić information content (AvgIpc) is 2.61. The van der Waals surface area contributed by atoms with E-state index in [0.717, 1.165) is 10.00 Å². The van der Waals surface area contributed by atoms with E-state index in [1.807, 2.05) is 0 Å². The standard InChI is InChI=1S/C17H21N3O5S2/c1-4-26(22,23)14-8-10-15(11-9-14)27(24,25)20(3)12-17(21)19-16-7-5-6-13(2)18-16/h5-11H,4,12H2,1-3H3,(H,18,19,21). The van der Waals surface area contributed by atoms with E-state index in [-0.39, 0.29) is 15.5 Å². The van der Waals surface area contributed by atoms with Crippen LogP contribution in [-0.4, -0.2) is 51.4 Å². The third-order valence-corrected chi connectivity index (χ3v) is 7.36. The third kappa shape index (κ3) is 5.12. The molecule has 0 bridgehead atoms. The predicted octanol–water partition coefficient (Wildman–Crippen LogP) is 1.44. The summed E-state index contributed by atoms with van der Waals surface area (Å²) in [5.41, 5.74) is 0.718. The van der Waals surface area contributed by atoms with Crippen molar-refractivity contribution in [3.05, 3.63) is 48.2 Å². The van der Waals surface area contributed by atoms with Gasteiger partial charge in [0.1, 0.15) is 5.82 Å². The first-order valence-electron chi connectivity index (χ1n) is 8.09. The minimum Gasteiger partial charge on any atom is -0.310 e. The molecule has 0 aliphatic carbocycles. The smallest absolute Gasteiger partial charge is 0.243 e. The Morgan fingerprint density at radius 1 is 1.04 bits per heavy atom. The second kappa shape index (κ2) is 8.15. The number of nitrogens with zero attached hydrogens (tertiary/aromatic N) is 2. The van der Waals surface area contributed by atoms with Crippen molar-refractivity contribution in [2.45, 2.75) is 23.6 Å². The number of hydrogen-bond acceptors (Lipinski definition) is 6. The molecule has 0 atom stereocenters. The van der Waals surface area contributed by atoms with Crippen LogP contribution >= 0.6 is 0 Å². The number of benzene rings is 1. The van der Waals surface area contributed by atoms with Gasteiger partial charge in [0, 0.05) is 12.7 Å². The molecule has 0 aliphatic rings. The van der Waals surface area contributed by atoms with Gasteiger partial charge in [0.15, 0.2) is 9.84 Å². The lowest BCUT2D eigenvalue weighted by Gasteiger charge is -2.17. The van der Waals surface area contributed by atoms with E-state index < -0.39 is 32.3 Å². The molecular formula is C17H21N3O5S2. The highest BCUT2D eigenvalue weighted by Crippen LogP contribution is 2.18. The van der Waals surface area contributed by atoms with Crippen molar-refractivity contribution in [3.8, 4) is 0 Å². The molecular weight excluding hydrogens is 390 g/mol. The number of aromatic nitrogens is 1. The molecule has 0 spiro atoms. The monoisotopic (exact) mass is 411 g/mol. The molecule has 1 heterocycles. The Bertz CT molecular complexity index is 1030. The van der Waals surface area contributed by atoms with Gasteiger partial charge in [0.25, 0.3) is 0 Å². The molecule has 8 nitrogen and oxygen atoms in total. The van der Waals surface area contributed by atoms with Gasteiger partial charge in [-0.25, -0.2) is 21.8 Å². The Morgan fingerprint density at radius 3 is 2.19 bits per heavy atom. The highest BCUT2D eigenvalue weighted by atomic mass is 32.2. The highest BCUT2D eigenvalue weighted by molar-refractivity contribution is 7.91. The number of amides is 1. The van der Waals surface area contributed by atoms with Crippen LogP contribution < -0.4 is 5.32 Å². The summed E-state index contributed by atoms with van der Waals surface area (Å²) in [7, 11) is -6.09. The van der Waals surface area contributed by atoms with Crippen LogP contribution in [0.3, 0.4) is 0 Å². The Hall–Kier alpha value is -2.30. The number of carbonyl (C=O) groups is 1. The summed E-state index contributed by atoms with van der Waals surface area (Å²) < 4.78 is 49.7. The number of aryl methyl sites for hydroxylation is 1. The molecule has 27 heavy (non-hydrogen) atoms. The van der Waals surface area contributed by atoms with E-state index in [1.54, 1.807) is 25.1 Å². The number of pyridine rings is 1. The molecule has 10 heteroatoms.